The van der Waals surface area contributed by atoms with E-state index in [1.165, 1.54) is 30.0 Å². The third-order valence-corrected chi connectivity index (χ3v) is 6.30. The number of nitrogens with zero attached hydrogens (tertiary/aromatic N) is 3. The van der Waals surface area contributed by atoms with Crippen LogP contribution in [0.3, 0.4) is 0 Å². The van der Waals surface area contributed by atoms with E-state index in [2.05, 4.69) is 15.5 Å². The molecule has 0 unspecified atom stereocenters. The van der Waals surface area contributed by atoms with Gasteiger partial charge >= 0.3 is 0 Å². The second-order valence-corrected chi connectivity index (χ2v) is 9.25. The summed E-state index contributed by atoms with van der Waals surface area (Å²) in [4.78, 5) is 12.4. The average Bonchev–Trinajstić information content (AvgIpc) is 3.43. The lowest BCUT2D eigenvalue weighted by Gasteiger charge is -2.09. The van der Waals surface area contributed by atoms with Crippen molar-refractivity contribution in [1.29, 1.82) is 0 Å². The number of primary sulfonamides is 1. The van der Waals surface area contributed by atoms with Crippen molar-refractivity contribution >= 4 is 33.4 Å². The number of aromatic nitrogens is 3. The average molecular weight is 470 g/mol. The Balaban J connectivity index is 1.50. The molecule has 0 spiro atoms. The van der Waals surface area contributed by atoms with Crippen molar-refractivity contribution in [3.8, 4) is 11.4 Å². The topological polar surface area (TPSA) is 133 Å². The van der Waals surface area contributed by atoms with Crippen LogP contribution in [0.5, 0.6) is 0 Å². The van der Waals surface area contributed by atoms with Gasteiger partial charge < -0.3 is 9.73 Å². The minimum atomic E-state index is -3.86. The van der Waals surface area contributed by atoms with E-state index in [1.807, 2.05) is 41.0 Å². The molecular formula is C21H19N5O4S2. The number of nitrogens with two attached hydrogens (primary N) is 1. The molecule has 0 saturated heterocycles. The zero-order chi connectivity index (χ0) is 22.6. The Kier molecular flexibility index (Phi) is 6.40. The van der Waals surface area contributed by atoms with Gasteiger partial charge in [0.05, 0.1) is 23.5 Å². The van der Waals surface area contributed by atoms with Gasteiger partial charge in [0, 0.05) is 11.3 Å². The van der Waals surface area contributed by atoms with Crippen molar-refractivity contribution in [2.24, 2.45) is 5.14 Å². The van der Waals surface area contributed by atoms with Crippen LogP contribution in [0.2, 0.25) is 0 Å². The number of nitrogens with one attached hydrogen (secondary N) is 1. The van der Waals surface area contributed by atoms with E-state index in [0.717, 1.165) is 11.3 Å². The predicted molar refractivity (Wildman–Crippen MR) is 120 cm³/mol. The van der Waals surface area contributed by atoms with Crippen LogP contribution < -0.4 is 10.5 Å². The summed E-state index contributed by atoms with van der Waals surface area (Å²) in [5.41, 5.74) is 1.23. The van der Waals surface area contributed by atoms with Crippen LogP contribution >= 0.6 is 11.8 Å². The van der Waals surface area contributed by atoms with Gasteiger partial charge in [0.1, 0.15) is 5.76 Å². The number of anilines is 1. The first-order chi connectivity index (χ1) is 15.4. The number of hydrogen-bond donors (Lipinski definition) is 2. The van der Waals surface area contributed by atoms with Gasteiger partial charge in [-0.3, -0.25) is 9.36 Å². The summed E-state index contributed by atoms with van der Waals surface area (Å²) >= 11 is 1.21. The van der Waals surface area contributed by atoms with E-state index in [9.17, 15) is 13.2 Å². The van der Waals surface area contributed by atoms with Crippen LogP contribution in [0.25, 0.3) is 11.4 Å². The molecule has 0 bridgehead atoms. The number of rotatable bonds is 8. The molecule has 164 valence electrons. The number of carbonyl (C=O) groups excluding carboxylic acids is 1. The van der Waals surface area contributed by atoms with Crippen LogP contribution in [0.1, 0.15) is 5.76 Å². The highest BCUT2D eigenvalue weighted by molar-refractivity contribution is 7.99. The fourth-order valence-electron chi connectivity index (χ4n) is 2.98. The minimum absolute atomic E-state index is 0.0463. The maximum absolute atomic E-state index is 12.5. The fraction of sp³-hybridized carbons (Fsp3) is 0.0952. The highest BCUT2D eigenvalue weighted by Gasteiger charge is 2.17. The first kappa shape index (κ1) is 21.8. The summed E-state index contributed by atoms with van der Waals surface area (Å²) in [6.45, 7) is 0.407. The van der Waals surface area contributed by atoms with Crippen molar-refractivity contribution in [2.75, 3.05) is 11.1 Å². The van der Waals surface area contributed by atoms with E-state index in [-0.39, 0.29) is 16.6 Å². The first-order valence-electron chi connectivity index (χ1n) is 9.47. The maximum Gasteiger partial charge on any atom is 0.238 e. The monoisotopic (exact) mass is 469 g/mol. The number of amides is 1. The Hall–Kier alpha value is -3.41. The standard InChI is InChI=1S/C21H19N5O4S2/c22-32(28,29)18-10-4-8-16(12-18)23-19(27)14-31-21-25-24-20(15-6-2-1-3-7-15)26(21)13-17-9-5-11-30-17/h1-12H,13-14H2,(H,23,27)(H2,22,28,29). The molecule has 0 saturated carbocycles. The van der Waals surface area contributed by atoms with Gasteiger partial charge in [0.15, 0.2) is 11.0 Å². The highest BCUT2D eigenvalue weighted by atomic mass is 32.2. The summed E-state index contributed by atoms with van der Waals surface area (Å²) in [6, 6.07) is 19.0. The Bertz CT molecular complexity index is 1320. The number of carbonyl (C=O) groups is 1. The quantitative estimate of drug-likeness (QED) is 0.379. The molecule has 32 heavy (non-hydrogen) atoms. The zero-order valence-electron chi connectivity index (χ0n) is 16.7. The van der Waals surface area contributed by atoms with Gasteiger partial charge in [0.2, 0.25) is 15.9 Å². The van der Waals surface area contributed by atoms with Crippen LogP contribution in [-0.2, 0) is 21.4 Å². The number of benzene rings is 2. The smallest absolute Gasteiger partial charge is 0.238 e. The molecule has 2 heterocycles. The summed E-state index contributed by atoms with van der Waals surface area (Å²) < 4.78 is 30.4. The fourth-order valence-corrected chi connectivity index (χ4v) is 4.27. The second-order valence-electron chi connectivity index (χ2n) is 6.75. The van der Waals surface area contributed by atoms with Crippen molar-refractivity contribution in [2.45, 2.75) is 16.6 Å². The van der Waals surface area contributed by atoms with E-state index < -0.39 is 10.0 Å². The summed E-state index contributed by atoms with van der Waals surface area (Å²) in [6.07, 6.45) is 1.60. The molecule has 0 aliphatic heterocycles. The molecule has 0 atom stereocenters. The SMILES string of the molecule is NS(=O)(=O)c1cccc(NC(=O)CSc2nnc(-c3ccccc3)n2Cc2ccco2)c1. The summed E-state index contributed by atoms with van der Waals surface area (Å²) in [5, 5.41) is 16.9. The molecule has 3 N–H and O–H groups in total. The van der Waals surface area contributed by atoms with Gasteiger partial charge in [-0.2, -0.15) is 0 Å². The van der Waals surface area contributed by atoms with Crippen LogP contribution in [-0.4, -0.2) is 34.8 Å². The van der Waals surface area contributed by atoms with Gasteiger partial charge in [-0.1, -0.05) is 48.2 Å². The normalized spacial score (nSPS) is 11.4. The molecule has 1 amide bonds. The molecule has 0 aliphatic rings. The first-order valence-corrected chi connectivity index (χ1v) is 12.0. The molecular weight excluding hydrogens is 450 g/mol. The van der Waals surface area contributed by atoms with E-state index in [4.69, 9.17) is 9.56 Å². The third-order valence-electron chi connectivity index (χ3n) is 4.42. The lowest BCUT2D eigenvalue weighted by molar-refractivity contribution is -0.113. The number of hydrogen-bond acceptors (Lipinski definition) is 7. The summed E-state index contributed by atoms with van der Waals surface area (Å²) in [5.74, 6) is 1.11. The predicted octanol–water partition coefficient (Wildman–Crippen LogP) is 2.96. The molecule has 2 aromatic heterocycles. The molecule has 0 radical (unpaired) electrons. The van der Waals surface area contributed by atoms with Crippen LogP contribution in [0.4, 0.5) is 5.69 Å². The number of sulfonamides is 1. The Labute approximate surface area is 188 Å². The largest absolute Gasteiger partial charge is 0.467 e. The molecule has 0 fully saturated rings. The highest BCUT2D eigenvalue weighted by Crippen LogP contribution is 2.25. The lowest BCUT2D eigenvalue weighted by atomic mass is 10.2. The summed E-state index contributed by atoms with van der Waals surface area (Å²) in [7, 11) is -3.86. The molecule has 0 aliphatic carbocycles. The molecule has 9 nitrogen and oxygen atoms in total. The molecule has 4 rings (SSSR count). The van der Waals surface area contributed by atoms with Gasteiger partial charge in [0.25, 0.3) is 0 Å². The maximum atomic E-state index is 12.5. The molecule has 11 heteroatoms. The van der Waals surface area contributed by atoms with Crippen molar-refractivity contribution in [1.82, 2.24) is 14.8 Å². The van der Waals surface area contributed by atoms with E-state index in [0.29, 0.717) is 23.2 Å². The van der Waals surface area contributed by atoms with Crippen molar-refractivity contribution in [3.05, 3.63) is 78.8 Å². The van der Waals surface area contributed by atoms with Gasteiger partial charge in [-0.25, -0.2) is 13.6 Å². The van der Waals surface area contributed by atoms with E-state index >= 15 is 0 Å². The van der Waals surface area contributed by atoms with Gasteiger partial charge in [-0.15, -0.1) is 10.2 Å². The Morgan fingerprint density at radius 1 is 1.06 bits per heavy atom. The second kappa shape index (κ2) is 9.39. The van der Waals surface area contributed by atoms with Crippen LogP contribution in [0, 0.1) is 0 Å². The third kappa shape index (κ3) is 5.25. The van der Waals surface area contributed by atoms with Crippen LogP contribution in [0.15, 0.2) is 87.5 Å². The Morgan fingerprint density at radius 2 is 1.88 bits per heavy atom. The Morgan fingerprint density at radius 3 is 2.59 bits per heavy atom. The number of thioether (sulfide) groups is 1. The van der Waals surface area contributed by atoms with Gasteiger partial charge in [-0.05, 0) is 30.3 Å². The molecule has 4 aromatic rings. The number of furan rings is 1. The lowest BCUT2D eigenvalue weighted by Crippen LogP contribution is -2.16. The van der Waals surface area contributed by atoms with Crippen molar-refractivity contribution in [3.63, 3.8) is 0 Å². The zero-order valence-corrected chi connectivity index (χ0v) is 18.3. The van der Waals surface area contributed by atoms with E-state index in [1.54, 1.807) is 18.4 Å². The minimum Gasteiger partial charge on any atom is -0.467 e. The molecule has 2 aromatic carbocycles. The van der Waals surface area contributed by atoms with Crippen molar-refractivity contribution < 1.29 is 17.6 Å².